The SMILES string of the molecule is NCCCCCCCCCCN.O=C(O)C(F)(F)F. The fraction of sp³-hybridized carbons (Fsp3) is 0.917. The molecule has 0 spiro atoms. The normalized spacial score (nSPS) is 10.8. The molecule has 0 heterocycles. The Hall–Kier alpha value is -0.820. The summed E-state index contributed by atoms with van der Waals surface area (Å²) in [5.74, 6) is -2.76. The minimum Gasteiger partial charge on any atom is -0.475 e. The maximum absolute atomic E-state index is 10.6. The van der Waals surface area contributed by atoms with E-state index in [4.69, 9.17) is 21.4 Å². The van der Waals surface area contributed by atoms with Gasteiger partial charge in [-0.2, -0.15) is 13.2 Å². The molecule has 116 valence electrons. The number of rotatable bonds is 9. The molecular weight excluding hydrogens is 261 g/mol. The Labute approximate surface area is 112 Å². The Morgan fingerprint density at radius 1 is 0.789 bits per heavy atom. The third kappa shape index (κ3) is 19.7. The first-order chi connectivity index (χ1) is 8.86. The van der Waals surface area contributed by atoms with Crippen molar-refractivity contribution < 1.29 is 23.1 Å². The summed E-state index contributed by atoms with van der Waals surface area (Å²) in [5, 5.41) is 7.12. The van der Waals surface area contributed by atoms with Crippen LogP contribution in [0.1, 0.15) is 51.4 Å². The second-order valence-corrected chi connectivity index (χ2v) is 4.21. The van der Waals surface area contributed by atoms with E-state index in [1.165, 1.54) is 51.4 Å². The third-order valence-electron chi connectivity index (χ3n) is 2.40. The van der Waals surface area contributed by atoms with Gasteiger partial charge in [0.05, 0.1) is 0 Å². The predicted octanol–water partition coefficient (Wildman–Crippen LogP) is 2.66. The van der Waals surface area contributed by atoms with Crippen LogP contribution in [0, 0.1) is 0 Å². The zero-order chi connectivity index (χ0) is 15.1. The average Bonchev–Trinajstić information content (AvgIpc) is 2.32. The first-order valence-electron chi connectivity index (χ1n) is 6.56. The van der Waals surface area contributed by atoms with E-state index in [1.807, 2.05) is 0 Å². The van der Waals surface area contributed by atoms with Crippen molar-refractivity contribution in [3.8, 4) is 0 Å². The van der Waals surface area contributed by atoms with Gasteiger partial charge in [-0.15, -0.1) is 0 Å². The number of carboxylic acids is 1. The molecule has 0 aromatic carbocycles. The summed E-state index contributed by atoms with van der Waals surface area (Å²) in [6.07, 6.45) is 5.42. The topological polar surface area (TPSA) is 89.3 Å². The number of unbranched alkanes of at least 4 members (excludes halogenated alkanes) is 7. The van der Waals surface area contributed by atoms with Crippen molar-refractivity contribution in [2.75, 3.05) is 13.1 Å². The largest absolute Gasteiger partial charge is 0.490 e. The Morgan fingerprint density at radius 3 is 1.16 bits per heavy atom. The summed E-state index contributed by atoms with van der Waals surface area (Å²) < 4.78 is 31.7. The fourth-order valence-corrected chi connectivity index (χ4v) is 1.35. The van der Waals surface area contributed by atoms with Crippen LogP contribution in [-0.4, -0.2) is 30.3 Å². The first-order valence-corrected chi connectivity index (χ1v) is 6.56. The van der Waals surface area contributed by atoms with E-state index < -0.39 is 12.1 Å². The standard InChI is InChI=1S/C10H24N2.C2HF3O2/c11-9-7-5-3-1-2-4-6-8-10-12;3-2(4,5)1(6)7/h1-12H2;(H,6,7). The number of aliphatic carboxylic acids is 1. The van der Waals surface area contributed by atoms with Gasteiger partial charge in [-0.05, 0) is 25.9 Å². The lowest BCUT2D eigenvalue weighted by Gasteiger charge is -2.00. The summed E-state index contributed by atoms with van der Waals surface area (Å²) in [5.41, 5.74) is 10.8. The number of halogens is 3. The molecule has 0 saturated heterocycles. The van der Waals surface area contributed by atoms with Gasteiger partial charge >= 0.3 is 12.1 Å². The van der Waals surface area contributed by atoms with Crippen LogP contribution in [0.4, 0.5) is 13.2 Å². The van der Waals surface area contributed by atoms with Crippen LogP contribution in [0.15, 0.2) is 0 Å². The van der Waals surface area contributed by atoms with Gasteiger partial charge in [-0.25, -0.2) is 4.79 Å². The highest BCUT2D eigenvalue weighted by atomic mass is 19.4. The zero-order valence-electron chi connectivity index (χ0n) is 11.2. The molecule has 7 heteroatoms. The summed E-state index contributed by atoms with van der Waals surface area (Å²) in [4.78, 5) is 8.90. The maximum atomic E-state index is 10.6. The van der Waals surface area contributed by atoms with Crippen molar-refractivity contribution in [3.05, 3.63) is 0 Å². The van der Waals surface area contributed by atoms with Gasteiger partial charge in [-0.3, -0.25) is 0 Å². The molecule has 0 radical (unpaired) electrons. The Balaban J connectivity index is 0. The molecular formula is C12H25F3N2O2. The third-order valence-corrected chi connectivity index (χ3v) is 2.40. The smallest absolute Gasteiger partial charge is 0.475 e. The van der Waals surface area contributed by atoms with Crippen molar-refractivity contribution in [1.82, 2.24) is 0 Å². The van der Waals surface area contributed by atoms with Crippen molar-refractivity contribution >= 4 is 5.97 Å². The molecule has 19 heavy (non-hydrogen) atoms. The van der Waals surface area contributed by atoms with E-state index >= 15 is 0 Å². The number of hydrogen-bond donors (Lipinski definition) is 3. The Bertz CT molecular complexity index is 202. The molecule has 0 atom stereocenters. The van der Waals surface area contributed by atoms with Crippen LogP contribution in [0.2, 0.25) is 0 Å². The molecule has 0 bridgehead atoms. The van der Waals surface area contributed by atoms with E-state index in [1.54, 1.807) is 0 Å². The molecule has 0 rings (SSSR count). The monoisotopic (exact) mass is 286 g/mol. The van der Waals surface area contributed by atoms with E-state index in [9.17, 15) is 13.2 Å². The fourth-order valence-electron chi connectivity index (χ4n) is 1.35. The molecule has 5 N–H and O–H groups in total. The lowest BCUT2D eigenvalue weighted by Crippen LogP contribution is -2.21. The summed E-state index contributed by atoms with van der Waals surface area (Å²) in [7, 11) is 0. The lowest BCUT2D eigenvalue weighted by molar-refractivity contribution is -0.192. The molecule has 0 aliphatic rings. The zero-order valence-corrected chi connectivity index (χ0v) is 11.2. The van der Waals surface area contributed by atoms with E-state index in [2.05, 4.69) is 0 Å². The van der Waals surface area contributed by atoms with Gasteiger partial charge in [-0.1, -0.05) is 38.5 Å². The number of carbonyl (C=O) groups is 1. The van der Waals surface area contributed by atoms with Crippen molar-refractivity contribution in [3.63, 3.8) is 0 Å². The minimum atomic E-state index is -5.08. The molecule has 0 saturated carbocycles. The second kappa shape index (κ2) is 13.6. The summed E-state index contributed by atoms with van der Waals surface area (Å²) in [6, 6.07) is 0. The molecule has 0 aliphatic heterocycles. The van der Waals surface area contributed by atoms with Gasteiger partial charge in [0.15, 0.2) is 0 Å². The van der Waals surface area contributed by atoms with Gasteiger partial charge in [0.2, 0.25) is 0 Å². The Kier molecular flexibility index (Phi) is 14.7. The van der Waals surface area contributed by atoms with Gasteiger partial charge in [0, 0.05) is 0 Å². The highest BCUT2D eigenvalue weighted by molar-refractivity contribution is 5.73. The molecule has 0 aromatic rings. The molecule has 0 fully saturated rings. The van der Waals surface area contributed by atoms with Crippen LogP contribution in [0.5, 0.6) is 0 Å². The first kappa shape index (κ1) is 20.5. The molecule has 0 aliphatic carbocycles. The average molecular weight is 286 g/mol. The lowest BCUT2D eigenvalue weighted by atomic mass is 10.1. The number of carboxylic acid groups (broad SMARTS) is 1. The van der Waals surface area contributed by atoms with Crippen LogP contribution < -0.4 is 11.5 Å². The van der Waals surface area contributed by atoms with Crippen LogP contribution in [0.3, 0.4) is 0 Å². The van der Waals surface area contributed by atoms with Gasteiger partial charge in [0.25, 0.3) is 0 Å². The number of alkyl halides is 3. The maximum Gasteiger partial charge on any atom is 0.490 e. The minimum absolute atomic E-state index is 0.854. The van der Waals surface area contributed by atoms with Gasteiger partial charge in [0.1, 0.15) is 0 Å². The van der Waals surface area contributed by atoms with E-state index in [0.717, 1.165) is 13.1 Å². The number of hydrogen-bond acceptors (Lipinski definition) is 3. The second-order valence-electron chi connectivity index (χ2n) is 4.21. The predicted molar refractivity (Wildman–Crippen MR) is 68.7 cm³/mol. The Morgan fingerprint density at radius 2 is 1.00 bits per heavy atom. The summed E-state index contributed by atoms with van der Waals surface area (Å²) in [6.45, 7) is 1.71. The van der Waals surface area contributed by atoms with Crippen molar-refractivity contribution in [2.45, 2.75) is 57.5 Å². The molecule has 0 aromatic heterocycles. The van der Waals surface area contributed by atoms with E-state index in [0.29, 0.717) is 0 Å². The van der Waals surface area contributed by atoms with Crippen molar-refractivity contribution in [2.24, 2.45) is 11.5 Å². The van der Waals surface area contributed by atoms with Crippen LogP contribution >= 0.6 is 0 Å². The quantitative estimate of drug-likeness (QED) is 0.568. The molecule has 0 amide bonds. The molecule has 4 nitrogen and oxygen atoms in total. The van der Waals surface area contributed by atoms with Gasteiger partial charge < -0.3 is 16.6 Å². The van der Waals surface area contributed by atoms with Crippen molar-refractivity contribution in [1.29, 1.82) is 0 Å². The van der Waals surface area contributed by atoms with Crippen LogP contribution in [0.25, 0.3) is 0 Å². The van der Waals surface area contributed by atoms with E-state index in [-0.39, 0.29) is 0 Å². The highest BCUT2D eigenvalue weighted by Gasteiger charge is 2.38. The van der Waals surface area contributed by atoms with Crippen LogP contribution in [-0.2, 0) is 4.79 Å². The molecule has 0 unspecified atom stereocenters. The highest BCUT2D eigenvalue weighted by Crippen LogP contribution is 2.13. The number of nitrogens with two attached hydrogens (primary N) is 2. The summed E-state index contributed by atoms with van der Waals surface area (Å²) >= 11 is 0.